The number of esters is 1. The lowest BCUT2D eigenvalue weighted by atomic mass is 10.2. The van der Waals surface area contributed by atoms with Gasteiger partial charge in [0.25, 0.3) is 0 Å². The van der Waals surface area contributed by atoms with Crippen LogP contribution >= 0.6 is 11.3 Å². The van der Waals surface area contributed by atoms with Gasteiger partial charge < -0.3 is 9.47 Å². The zero-order chi connectivity index (χ0) is 22.5. The molecule has 0 fully saturated rings. The number of aryl methyl sites for hydroxylation is 2. The zero-order valence-electron chi connectivity index (χ0n) is 18.1. The van der Waals surface area contributed by atoms with E-state index in [1.54, 1.807) is 24.2 Å². The maximum absolute atomic E-state index is 12.7. The average molecular weight is 450 g/mol. The topological polar surface area (TPSA) is 92.0 Å². The molecule has 0 atom stereocenters. The molecule has 3 aromatic heterocycles. The monoisotopic (exact) mass is 449 g/mol. The average Bonchev–Trinajstić information content (AvgIpc) is 3.45. The van der Waals surface area contributed by atoms with Gasteiger partial charge in [0.1, 0.15) is 27.9 Å². The molecule has 0 unspecified atom stereocenters. The normalized spacial score (nSPS) is 10.8. The van der Waals surface area contributed by atoms with E-state index < -0.39 is 5.97 Å². The molecule has 0 saturated heterocycles. The van der Waals surface area contributed by atoms with Crippen LogP contribution in [0.3, 0.4) is 0 Å². The van der Waals surface area contributed by atoms with Crippen molar-refractivity contribution in [1.29, 1.82) is 0 Å². The molecule has 4 aromatic rings. The standard InChI is InChI=1S/C23H23N5O3S/c1-4-5-17-12-16(10-11-24-17)22-25-15(2)21(32-22)23(29)31-14-18-13-28(27-26-18)19-6-8-20(30-3)9-7-19/h6-13H,4-5,14H2,1-3H3. The fourth-order valence-electron chi connectivity index (χ4n) is 3.14. The summed E-state index contributed by atoms with van der Waals surface area (Å²) in [6.45, 7) is 3.95. The lowest BCUT2D eigenvalue weighted by Crippen LogP contribution is -2.05. The van der Waals surface area contributed by atoms with E-state index in [1.807, 2.05) is 43.3 Å². The Morgan fingerprint density at radius 1 is 1.16 bits per heavy atom. The molecule has 0 amide bonds. The summed E-state index contributed by atoms with van der Waals surface area (Å²) in [4.78, 5) is 22.1. The summed E-state index contributed by atoms with van der Waals surface area (Å²) < 4.78 is 12.3. The van der Waals surface area contributed by atoms with Crippen LogP contribution in [-0.2, 0) is 17.8 Å². The minimum absolute atomic E-state index is 0.0254. The lowest BCUT2D eigenvalue weighted by Gasteiger charge is -2.02. The first-order valence-electron chi connectivity index (χ1n) is 10.2. The number of benzene rings is 1. The Morgan fingerprint density at radius 2 is 1.97 bits per heavy atom. The fraction of sp³-hybridized carbons (Fsp3) is 0.261. The van der Waals surface area contributed by atoms with Gasteiger partial charge in [0.2, 0.25) is 0 Å². The highest BCUT2D eigenvalue weighted by Crippen LogP contribution is 2.29. The van der Waals surface area contributed by atoms with Crippen LogP contribution in [0.25, 0.3) is 16.3 Å². The van der Waals surface area contributed by atoms with Crippen molar-refractivity contribution < 1.29 is 14.3 Å². The molecule has 4 rings (SSSR count). The highest BCUT2D eigenvalue weighted by molar-refractivity contribution is 7.17. The van der Waals surface area contributed by atoms with Crippen LogP contribution in [0.5, 0.6) is 5.75 Å². The second-order valence-corrected chi connectivity index (χ2v) is 8.15. The van der Waals surface area contributed by atoms with E-state index in [-0.39, 0.29) is 6.61 Å². The van der Waals surface area contributed by atoms with E-state index in [0.29, 0.717) is 16.3 Å². The molecule has 0 spiro atoms. The van der Waals surface area contributed by atoms with E-state index in [4.69, 9.17) is 9.47 Å². The third kappa shape index (κ3) is 4.83. The van der Waals surface area contributed by atoms with Gasteiger partial charge in [0.15, 0.2) is 0 Å². The summed E-state index contributed by atoms with van der Waals surface area (Å²) in [5.41, 5.74) is 4.00. The quantitative estimate of drug-likeness (QED) is 0.368. The second kappa shape index (κ2) is 9.69. The first-order valence-corrected chi connectivity index (χ1v) is 11.0. The predicted molar refractivity (Wildman–Crippen MR) is 121 cm³/mol. The first-order chi connectivity index (χ1) is 15.6. The maximum Gasteiger partial charge on any atom is 0.350 e. The molecule has 164 valence electrons. The van der Waals surface area contributed by atoms with Gasteiger partial charge in [-0.05, 0) is 49.7 Å². The van der Waals surface area contributed by atoms with Crippen LogP contribution in [0.15, 0.2) is 48.8 Å². The fourth-order valence-corrected chi connectivity index (χ4v) is 4.10. The van der Waals surface area contributed by atoms with E-state index in [9.17, 15) is 4.79 Å². The van der Waals surface area contributed by atoms with E-state index in [1.165, 1.54) is 11.3 Å². The number of aromatic nitrogens is 5. The van der Waals surface area contributed by atoms with Gasteiger partial charge in [-0.2, -0.15) is 0 Å². The maximum atomic E-state index is 12.7. The molecule has 0 aliphatic rings. The van der Waals surface area contributed by atoms with E-state index in [2.05, 4.69) is 27.2 Å². The van der Waals surface area contributed by atoms with Crippen molar-refractivity contribution in [2.45, 2.75) is 33.3 Å². The van der Waals surface area contributed by atoms with Crippen molar-refractivity contribution in [3.8, 4) is 22.0 Å². The summed E-state index contributed by atoms with van der Waals surface area (Å²) in [5, 5.41) is 8.96. The van der Waals surface area contributed by atoms with Crippen molar-refractivity contribution in [1.82, 2.24) is 25.0 Å². The Kier molecular flexibility index (Phi) is 6.55. The molecule has 32 heavy (non-hydrogen) atoms. The Hall–Kier alpha value is -3.59. The Morgan fingerprint density at radius 3 is 2.72 bits per heavy atom. The van der Waals surface area contributed by atoms with Gasteiger partial charge in [0, 0.05) is 17.5 Å². The van der Waals surface area contributed by atoms with E-state index in [0.717, 1.165) is 40.5 Å². The number of carbonyl (C=O) groups excluding carboxylic acids is 1. The number of pyridine rings is 1. The highest BCUT2D eigenvalue weighted by Gasteiger charge is 2.18. The predicted octanol–water partition coefficient (Wildman–Crippen LogP) is 4.41. The number of rotatable bonds is 8. The molecule has 3 heterocycles. The molecule has 0 bridgehead atoms. The van der Waals surface area contributed by atoms with Gasteiger partial charge in [-0.25, -0.2) is 14.5 Å². The Labute approximate surface area is 189 Å². The molecule has 0 aliphatic carbocycles. The molecule has 1 aromatic carbocycles. The number of thiazole rings is 1. The minimum Gasteiger partial charge on any atom is -0.497 e. The number of nitrogens with zero attached hydrogens (tertiary/aromatic N) is 5. The summed E-state index contributed by atoms with van der Waals surface area (Å²) in [6, 6.07) is 11.4. The Bertz CT molecular complexity index is 1220. The summed E-state index contributed by atoms with van der Waals surface area (Å²) in [7, 11) is 1.62. The van der Waals surface area contributed by atoms with Crippen molar-refractivity contribution in [2.24, 2.45) is 0 Å². The molecular weight excluding hydrogens is 426 g/mol. The van der Waals surface area contributed by atoms with Crippen LogP contribution in [0.1, 0.15) is 40.1 Å². The van der Waals surface area contributed by atoms with Crippen LogP contribution in [0.2, 0.25) is 0 Å². The Balaban J connectivity index is 1.42. The molecule has 0 radical (unpaired) electrons. The van der Waals surface area contributed by atoms with Gasteiger partial charge in [-0.1, -0.05) is 18.6 Å². The van der Waals surface area contributed by atoms with Crippen molar-refractivity contribution in [3.63, 3.8) is 0 Å². The van der Waals surface area contributed by atoms with Crippen LogP contribution in [-0.4, -0.2) is 38.0 Å². The minimum atomic E-state index is -0.423. The summed E-state index contributed by atoms with van der Waals surface area (Å²) >= 11 is 1.32. The number of hydrogen-bond acceptors (Lipinski definition) is 8. The van der Waals surface area contributed by atoms with Gasteiger partial charge in [-0.3, -0.25) is 4.98 Å². The third-order valence-electron chi connectivity index (χ3n) is 4.78. The second-order valence-electron chi connectivity index (χ2n) is 7.15. The molecule has 0 saturated carbocycles. The SMILES string of the molecule is CCCc1cc(-c2nc(C)c(C(=O)OCc3cn(-c4ccc(OC)cc4)nn3)s2)ccn1. The number of hydrogen-bond donors (Lipinski definition) is 0. The van der Waals surface area contributed by atoms with E-state index >= 15 is 0 Å². The van der Waals surface area contributed by atoms with Crippen LogP contribution < -0.4 is 4.74 Å². The first kappa shape index (κ1) is 21.6. The van der Waals surface area contributed by atoms with Crippen molar-refractivity contribution >= 4 is 17.3 Å². The van der Waals surface area contributed by atoms with Crippen molar-refractivity contribution in [2.75, 3.05) is 7.11 Å². The number of ether oxygens (including phenoxy) is 2. The highest BCUT2D eigenvalue weighted by atomic mass is 32.1. The molecular formula is C23H23N5O3S. The lowest BCUT2D eigenvalue weighted by molar-refractivity contribution is 0.0472. The molecule has 0 N–H and O–H groups in total. The number of carbonyl (C=O) groups is 1. The largest absolute Gasteiger partial charge is 0.497 e. The van der Waals surface area contributed by atoms with Gasteiger partial charge >= 0.3 is 5.97 Å². The zero-order valence-corrected chi connectivity index (χ0v) is 18.9. The summed E-state index contributed by atoms with van der Waals surface area (Å²) in [5.74, 6) is 0.337. The van der Waals surface area contributed by atoms with Crippen LogP contribution in [0.4, 0.5) is 0 Å². The van der Waals surface area contributed by atoms with Crippen molar-refractivity contribution in [3.05, 3.63) is 70.8 Å². The van der Waals surface area contributed by atoms with Crippen LogP contribution in [0, 0.1) is 6.92 Å². The van der Waals surface area contributed by atoms with Gasteiger partial charge in [0.05, 0.1) is 24.7 Å². The third-order valence-corrected chi connectivity index (χ3v) is 5.97. The molecule has 0 aliphatic heterocycles. The smallest absolute Gasteiger partial charge is 0.350 e. The van der Waals surface area contributed by atoms with Gasteiger partial charge in [-0.15, -0.1) is 16.4 Å². The number of methoxy groups -OCH3 is 1. The molecule has 8 nitrogen and oxygen atoms in total. The summed E-state index contributed by atoms with van der Waals surface area (Å²) in [6.07, 6.45) is 5.44. The molecule has 9 heteroatoms.